The number of hydrogen-bond donors (Lipinski definition) is 2. The molecule has 118 valence electrons. The van der Waals surface area contributed by atoms with Crippen LogP contribution in [0.1, 0.15) is 31.7 Å². The third-order valence-corrected chi connectivity index (χ3v) is 4.77. The second kappa shape index (κ2) is 8.52. The maximum absolute atomic E-state index is 9.36. The molecule has 0 radical (unpaired) electrons. The van der Waals surface area contributed by atoms with E-state index in [4.69, 9.17) is 0 Å². The minimum absolute atomic E-state index is 0.235. The molecule has 0 spiro atoms. The van der Waals surface area contributed by atoms with Crippen LogP contribution in [0.4, 0.5) is 0 Å². The van der Waals surface area contributed by atoms with Crippen molar-refractivity contribution in [2.24, 2.45) is 11.8 Å². The molecule has 1 aliphatic rings. The molecule has 1 aliphatic carbocycles. The Labute approximate surface area is 129 Å². The van der Waals surface area contributed by atoms with Crippen LogP contribution < -0.4 is 5.32 Å². The van der Waals surface area contributed by atoms with Gasteiger partial charge < -0.3 is 10.4 Å². The molecule has 1 aromatic carbocycles. The minimum Gasteiger partial charge on any atom is -0.395 e. The van der Waals surface area contributed by atoms with E-state index in [9.17, 15) is 5.11 Å². The number of benzene rings is 1. The van der Waals surface area contributed by atoms with Gasteiger partial charge in [-0.05, 0) is 43.7 Å². The number of aliphatic hydroxyl groups is 1. The molecule has 3 heteroatoms. The summed E-state index contributed by atoms with van der Waals surface area (Å²) in [4.78, 5) is 2.41. The summed E-state index contributed by atoms with van der Waals surface area (Å²) in [5.74, 6) is 1.52. The van der Waals surface area contributed by atoms with Crippen LogP contribution in [-0.2, 0) is 6.54 Å². The van der Waals surface area contributed by atoms with E-state index in [-0.39, 0.29) is 6.61 Å². The summed E-state index contributed by atoms with van der Waals surface area (Å²) in [7, 11) is 2.08. The number of hydrogen-bond acceptors (Lipinski definition) is 3. The van der Waals surface area contributed by atoms with Crippen molar-refractivity contribution in [1.29, 1.82) is 0 Å². The monoisotopic (exact) mass is 290 g/mol. The smallest absolute Gasteiger partial charge is 0.0558 e. The van der Waals surface area contributed by atoms with Crippen molar-refractivity contribution < 1.29 is 5.11 Å². The fourth-order valence-electron chi connectivity index (χ4n) is 3.63. The van der Waals surface area contributed by atoms with Gasteiger partial charge >= 0.3 is 0 Å². The number of aliphatic hydroxyl groups excluding tert-OH is 1. The normalized spacial score (nSPS) is 26.2. The van der Waals surface area contributed by atoms with Crippen molar-refractivity contribution in [1.82, 2.24) is 10.2 Å². The molecule has 2 rings (SSSR count). The Morgan fingerprint density at radius 3 is 2.67 bits per heavy atom. The lowest BCUT2D eigenvalue weighted by Crippen LogP contribution is -2.44. The lowest BCUT2D eigenvalue weighted by atomic mass is 9.78. The van der Waals surface area contributed by atoms with Crippen LogP contribution in [0.15, 0.2) is 30.3 Å². The Balaban J connectivity index is 1.97. The highest BCUT2D eigenvalue weighted by atomic mass is 16.3. The summed E-state index contributed by atoms with van der Waals surface area (Å²) in [6, 6.07) is 11.2. The maximum atomic E-state index is 9.36. The third kappa shape index (κ3) is 5.10. The Morgan fingerprint density at radius 2 is 2.00 bits per heavy atom. The zero-order valence-electron chi connectivity index (χ0n) is 13.5. The van der Waals surface area contributed by atoms with E-state index in [1.54, 1.807) is 0 Å². The van der Waals surface area contributed by atoms with Gasteiger partial charge in [0.05, 0.1) is 6.61 Å². The predicted molar refractivity (Wildman–Crippen MR) is 88.2 cm³/mol. The molecule has 21 heavy (non-hydrogen) atoms. The van der Waals surface area contributed by atoms with E-state index in [0.717, 1.165) is 25.6 Å². The average Bonchev–Trinajstić information content (AvgIpc) is 2.49. The van der Waals surface area contributed by atoms with E-state index in [1.165, 1.54) is 24.8 Å². The summed E-state index contributed by atoms with van der Waals surface area (Å²) in [6.45, 7) is 5.37. The van der Waals surface area contributed by atoms with E-state index in [2.05, 4.69) is 54.5 Å². The van der Waals surface area contributed by atoms with Crippen LogP contribution in [0.25, 0.3) is 0 Å². The summed E-state index contributed by atoms with van der Waals surface area (Å²) < 4.78 is 0. The van der Waals surface area contributed by atoms with Gasteiger partial charge in [-0.25, -0.2) is 0 Å². The Morgan fingerprint density at radius 1 is 1.24 bits per heavy atom. The molecule has 0 heterocycles. The zero-order chi connectivity index (χ0) is 15.1. The molecule has 0 saturated heterocycles. The van der Waals surface area contributed by atoms with Gasteiger partial charge in [-0.3, -0.25) is 4.90 Å². The SMILES string of the molecule is CNC1CCC(C)CC1CN(CCO)Cc1ccccc1. The van der Waals surface area contributed by atoms with Gasteiger partial charge in [0.1, 0.15) is 0 Å². The van der Waals surface area contributed by atoms with Crippen LogP contribution in [0, 0.1) is 11.8 Å². The molecule has 3 unspecified atom stereocenters. The van der Waals surface area contributed by atoms with Gasteiger partial charge in [-0.15, -0.1) is 0 Å². The van der Waals surface area contributed by atoms with Crippen molar-refractivity contribution >= 4 is 0 Å². The van der Waals surface area contributed by atoms with Crippen molar-refractivity contribution in [2.75, 3.05) is 26.7 Å². The molecule has 0 bridgehead atoms. The summed E-state index contributed by atoms with van der Waals surface area (Å²) in [6.07, 6.45) is 3.91. The summed E-state index contributed by atoms with van der Waals surface area (Å²) >= 11 is 0. The molecule has 0 aliphatic heterocycles. The first-order valence-corrected chi connectivity index (χ1v) is 8.27. The zero-order valence-corrected chi connectivity index (χ0v) is 13.5. The highest BCUT2D eigenvalue weighted by Gasteiger charge is 2.28. The molecule has 3 atom stereocenters. The quantitative estimate of drug-likeness (QED) is 0.810. The van der Waals surface area contributed by atoms with Gasteiger partial charge in [0.15, 0.2) is 0 Å². The van der Waals surface area contributed by atoms with Crippen LogP contribution in [0.5, 0.6) is 0 Å². The maximum Gasteiger partial charge on any atom is 0.0558 e. The highest BCUT2D eigenvalue weighted by Crippen LogP contribution is 2.29. The fourth-order valence-corrected chi connectivity index (χ4v) is 3.63. The first kappa shape index (κ1) is 16.5. The second-order valence-electron chi connectivity index (χ2n) is 6.52. The highest BCUT2D eigenvalue weighted by molar-refractivity contribution is 5.14. The van der Waals surface area contributed by atoms with Crippen LogP contribution in [-0.4, -0.2) is 42.8 Å². The molecular formula is C18H30N2O. The van der Waals surface area contributed by atoms with Gasteiger partial charge in [-0.2, -0.15) is 0 Å². The van der Waals surface area contributed by atoms with Crippen LogP contribution in [0.2, 0.25) is 0 Å². The molecule has 3 nitrogen and oxygen atoms in total. The average molecular weight is 290 g/mol. The predicted octanol–water partition coefficient (Wildman–Crippen LogP) is 2.51. The Hall–Kier alpha value is -0.900. The van der Waals surface area contributed by atoms with Gasteiger partial charge in [0.2, 0.25) is 0 Å². The molecular weight excluding hydrogens is 260 g/mol. The largest absolute Gasteiger partial charge is 0.395 e. The number of nitrogens with zero attached hydrogens (tertiary/aromatic N) is 1. The summed E-state index contributed by atoms with van der Waals surface area (Å²) in [5, 5.41) is 12.9. The van der Waals surface area contributed by atoms with E-state index >= 15 is 0 Å². The van der Waals surface area contributed by atoms with Crippen molar-refractivity contribution in [3.63, 3.8) is 0 Å². The molecule has 0 amide bonds. The van der Waals surface area contributed by atoms with Crippen LogP contribution >= 0.6 is 0 Å². The second-order valence-corrected chi connectivity index (χ2v) is 6.52. The Kier molecular flexibility index (Phi) is 6.68. The molecule has 2 N–H and O–H groups in total. The van der Waals surface area contributed by atoms with Gasteiger partial charge in [0.25, 0.3) is 0 Å². The van der Waals surface area contributed by atoms with Gasteiger partial charge in [-0.1, -0.05) is 37.3 Å². The molecule has 1 fully saturated rings. The molecule has 1 aromatic rings. The van der Waals surface area contributed by atoms with Gasteiger partial charge in [0, 0.05) is 25.7 Å². The molecule has 1 saturated carbocycles. The Bertz CT molecular complexity index is 395. The number of rotatable bonds is 7. The molecule has 0 aromatic heterocycles. The first-order chi connectivity index (χ1) is 10.2. The third-order valence-electron chi connectivity index (χ3n) is 4.77. The topological polar surface area (TPSA) is 35.5 Å². The van der Waals surface area contributed by atoms with Crippen molar-refractivity contribution in [3.05, 3.63) is 35.9 Å². The fraction of sp³-hybridized carbons (Fsp3) is 0.667. The lowest BCUT2D eigenvalue weighted by molar-refractivity contribution is 0.124. The summed E-state index contributed by atoms with van der Waals surface area (Å²) in [5.41, 5.74) is 1.33. The van der Waals surface area contributed by atoms with Crippen LogP contribution in [0.3, 0.4) is 0 Å². The van der Waals surface area contributed by atoms with E-state index in [1.807, 2.05) is 0 Å². The van der Waals surface area contributed by atoms with E-state index < -0.39 is 0 Å². The van der Waals surface area contributed by atoms with Crippen molar-refractivity contribution in [2.45, 2.75) is 38.8 Å². The lowest BCUT2D eigenvalue weighted by Gasteiger charge is -2.38. The van der Waals surface area contributed by atoms with E-state index in [0.29, 0.717) is 12.0 Å². The number of nitrogens with one attached hydrogen (secondary N) is 1. The first-order valence-electron chi connectivity index (χ1n) is 8.27. The minimum atomic E-state index is 0.235. The standard InChI is InChI=1S/C18H30N2O/c1-15-8-9-18(19-2)17(12-15)14-20(10-11-21)13-16-6-4-3-5-7-16/h3-7,15,17-19,21H,8-14H2,1-2H3. The van der Waals surface area contributed by atoms with Crippen molar-refractivity contribution in [3.8, 4) is 0 Å².